The first-order valence-corrected chi connectivity index (χ1v) is 8.56. The van der Waals surface area contributed by atoms with E-state index >= 15 is 0 Å². The number of benzene rings is 2. The van der Waals surface area contributed by atoms with E-state index in [-0.39, 0.29) is 5.91 Å². The fourth-order valence-electron chi connectivity index (χ4n) is 3.03. The lowest BCUT2D eigenvalue weighted by Crippen LogP contribution is -2.34. The smallest absolute Gasteiger partial charge is 0.307 e. The maximum atomic E-state index is 12.5. The van der Waals surface area contributed by atoms with Gasteiger partial charge in [-0.25, -0.2) is 0 Å². The second-order valence-electron chi connectivity index (χ2n) is 6.43. The lowest BCUT2D eigenvalue weighted by Gasteiger charge is -2.24. The summed E-state index contributed by atoms with van der Waals surface area (Å²) in [5.41, 5.74) is 1.73. The molecule has 0 aromatic heterocycles. The van der Waals surface area contributed by atoms with E-state index in [1.165, 1.54) is 0 Å². The van der Waals surface area contributed by atoms with Gasteiger partial charge in [0.25, 0.3) is 0 Å². The fraction of sp³-hybridized carbons (Fsp3) is 0.238. The monoisotopic (exact) mass is 351 g/mol. The average Bonchev–Trinajstić information content (AvgIpc) is 2.63. The van der Waals surface area contributed by atoms with E-state index in [0.717, 1.165) is 11.3 Å². The Morgan fingerprint density at radius 1 is 1.00 bits per heavy atom. The molecule has 1 aliphatic rings. The minimum atomic E-state index is -0.934. The minimum Gasteiger partial charge on any atom is -0.481 e. The number of carbonyl (C=O) groups is 2. The number of aliphatic carboxylic acids is 1. The molecule has 0 aliphatic heterocycles. The standard InChI is InChI=1S/C21H21NO4/c1-14-5-4-6-17(13-14)26-16-11-9-15(10-12-16)22-20(23)18-7-2-3-8-19(18)21(24)25/h2-6,9-13,18-19H,7-8H2,1H3,(H,22,23)(H,24,25)/t18-,19-/m1/s1. The van der Waals surface area contributed by atoms with Gasteiger partial charge in [0.05, 0.1) is 11.8 Å². The Bertz CT molecular complexity index is 826. The van der Waals surface area contributed by atoms with Gasteiger partial charge < -0.3 is 15.2 Å². The summed E-state index contributed by atoms with van der Waals surface area (Å²) in [6.45, 7) is 2.00. The molecule has 134 valence electrons. The van der Waals surface area contributed by atoms with Crippen LogP contribution in [-0.2, 0) is 9.59 Å². The van der Waals surface area contributed by atoms with Crippen LogP contribution in [0.5, 0.6) is 11.5 Å². The third-order valence-corrected chi connectivity index (χ3v) is 4.43. The number of rotatable bonds is 5. The number of nitrogens with one attached hydrogen (secondary N) is 1. The molecular formula is C21H21NO4. The molecule has 2 aromatic carbocycles. The Labute approximate surface area is 152 Å². The lowest BCUT2D eigenvalue weighted by molar-refractivity contribution is -0.146. The molecule has 2 atom stereocenters. The van der Waals surface area contributed by atoms with Crippen molar-refractivity contribution in [3.8, 4) is 11.5 Å². The van der Waals surface area contributed by atoms with Gasteiger partial charge in [-0.05, 0) is 61.7 Å². The van der Waals surface area contributed by atoms with Gasteiger partial charge in [0, 0.05) is 5.69 Å². The summed E-state index contributed by atoms with van der Waals surface area (Å²) in [6.07, 6.45) is 4.51. The second-order valence-corrected chi connectivity index (χ2v) is 6.43. The maximum absolute atomic E-state index is 12.5. The number of carboxylic acid groups (broad SMARTS) is 1. The molecule has 5 nitrogen and oxygen atoms in total. The number of carboxylic acids is 1. The van der Waals surface area contributed by atoms with Crippen LogP contribution < -0.4 is 10.1 Å². The van der Waals surface area contributed by atoms with Crippen LogP contribution in [0.2, 0.25) is 0 Å². The number of hydrogen-bond donors (Lipinski definition) is 2. The Morgan fingerprint density at radius 3 is 2.35 bits per heavy atom. The van der Waals surface area contributed by atoms with E-state index in [0.29, 0.717) is 24.3 Å². The van der Waals surface area contributed by atoms with E-state index in [2.05, 4.69) is 5.32 Å². The summed E-state index contributed by atoms with van der Waals surface area (Å²) in [6, 6.07) is 14.8. The van der Waals surface area contributed by atoms with E-state index < -0.39 is 17.8 Å². The minimum absolute atomic E-state index is 0.269. The number of amides is 1. The summed E-state index contributed by atoms with van der Waals surface area (Å²) in [7, 11) is 0. The van der Waals surface area contributed by atoms with Crippen LogP contribution in [-0.4, -0.2) is 17.0 Å². The Hall–Kier alpha value is -3.08. The molecule has 1 amide bonds. The first kappa shape index (κ1) is 17.7. The summed E-state index contributed by atoms with van der Waals surface area (Å²) in [5.74, 6) is -1.02. The van der Waals surface area contributed by atoms with Crippen LogP contribution in [0.3, 0.4) is 0 Å². The van der Waals surface area contributed by atoms with Crippen LogP contribution in [0.1, 0.15) is 18.4 Å². The molecule has 0 spiro atoms. The third-order valence-electron chi connectivity index (χ3n) is 4.43. The van der Waals surface area contributed by atoms with Crippen molar-refractivity contribution < 1.29 is 19.4 Å². The predicted molar refractivity (Wildman–Crippen MR) is 99.3 cm³/mol. The van der Waals surface area contributed by atoms with Crippen LogP contribution in [0.4, 0.5) is 5.69 Å². The highest BCUT2D eigenvalue weighted by Crippen LogP contribution is 2.28. The number of allylic oxidation sites excluding steroid dienone is 2. The van der Waals surface area contributed by atoms with Crippen molar-refractivity contribution in [3.05, 3.63) is 66.2 Å². The van der Waals surface area contributed by atoms with Crippen molar-refractivity contribution in [2.24, 2.45) is 11.8 Å². The van der Waals surface area contributed by atoms with Crippen LogP contribution in [0, 0.1) is 18.8 Å². The fourth-order valence-corrected chi connectivity index (χ4v) is 3.03. The molecule has 0 saturated heterocycles. The maximum Gasteiger partial charge on any atom is 0.307 e. The van der Waals surface area contributed by atoms with Gasteiger partial charge in [-0.3, -0.25) is 9.59 Å². The molecule has 2 N–H and O–H groups in total. The van der Waals surface area contributed by atoms with Crippen molar-refractivity contribution in [2.45, 2.75) is 19.8 Å². The Morgan fingerprint density at radius 2 is 1.69 bits per heavy atom. The highest BCUT2D eigenvalue weighted by Gasteiger charge is 2.33. The Kier molecular flexibility index (Phi) is 5.37. The first-order valence-electron chi connectivity index (χ1n) is 8.56. The molecule has 0 bridgehead atoms. The SMILES string of the molecule is Cc1cccc(Oc2ccc(NC(=O)[C@@H]3CC=CC[C@H]3C(=O)O)cc2)c1. The van der Waals surface area contributed by atoms with E-state index in [1.54, 1.807) is 24.3 Å². The van der Waals surface area contributed by atoms with Gasteiger partial charge in [-0.1, -0.05) is 24.3 Å². The summed E-state index contributed by atoms with van der Waals surface area (Å²) >= 11 is 0. The van der Waals surface area contributed by atoms with Crippen molar-refractivity contribution in [3.63, 3.8) is 0 Å². The highest BCUT2D eigenvalue weighted by atomic mass is 16.5. The topological polar surface area (TPSA) is 75.6 Å². The summed E-state index contributed by atoms with van der Waals surface area (Å²) in [4.78, 5) is 23.8. The average molecular weight is 351 g/mol. The second kappa shape index (κ2) is 7.87. The van der Waals surface area contributed by atoms with Crippen molar-refractivity contribution in [2.75, 3.05) is 5.32 Å². The highest BCUT2D eigenvalue weighted by molar-refractivity contribution is 5.95. The number of anilines is 1. The van der Waals surface area contributed by atoms with Crippen molar-refractivity contribution in [1.29, 1.82) is 0 Å². The molecule has 5 heteroatoms. The molecule has 0 heterocycles. The van der Waals surface area contributed by atoms with E-state index in [4.69, 9.17) is 4.74 Å². The zero-order chi connectivity index (χ0) is 18.5. The number of hydrogen-bond acceptors (Lipinski definition) is 3. The van der Waals surface area contributed by atoms with Crippen LogP contribution in [0.15, 0.2) is 60.7 Å². The summed E-state index contributed by atoms with van der Waals surface area (Å²) in [5, 5.41) is 12.1. The lowest BCUT2D eigenvalue weighted by atomic mass is 9.82. The van der Waals surface area contributed by atoms with Gasteiger partial charge in [-0.15, -0.1) is 0 Å². The normalized spacial score (nSPS) is 19.0. The van der Waals surface area contributed by atoms with E-state index in [1.807, 2.05) is 43.3 Å². The molecule has 26 heavy (non-hydrogen) atoms. The predicted octanol–water partition coefficient (Wildman–Crippen LogP) is 4.39. The number of ether oxygens (including phenoxy) is 1. The van der Waals surface area contributed by atoms with E-state index in [9.17, 15) is 14.7 Å². The van der Waals surface area contributed by atoms with Gasteiger partial charge in [0.1, 0.15) is 11.5 Å². The van der Waals surface area contributed by atoms with Gasteiger partial charge in [-0.2, -0.15) is 0 Å². The van der Waals surface area contributed by atoms with Crippen LogP contribution >= 0.6 is 0 Å². The first-order chi connectivity index (χ1) is 12.5. The number of carbonyl (C=O) groups excluding carboxylic acids is 1. The molecular weight excluding hydrogens is 330 g/mol. The number of aryl methyl sites for hydroxylation is 1. The molecule has 0 radical (unpaired) electrons. The van der Waals surface area contributed by atoms with Gasteiger partial charge in [0.15, 0.2) is 0 Å². The van der Waals surface area contributed by atoms with Crippen molar-refractivity contribution in [1.82, 2.24) is 0 Å². The van der Waals surface area contributed by atoms with Gasteiger partial charge >= 0.3 is 5.97 Å². The molecule has 1 aliphatic carbocycles. The molecule has 0 saturated carbocycles. The Balaban J connectivity index is 1.64. The van der Waals surface area contributed by atoms with Crippen LogP contribution in [0.25, 0.3) is 0 Å². The summed E-state index contributed by atoms with van der Waals surface area (Å²) < 4.78 is 5.78. The molecule has 3 rings (SSSR count). The zero-order valence-corrected chi connectivity index (χ0v) is 14.5. The van der Waals surface area contributed by atoms with Crippen molar-refractivity contribution >= 4 is 17.6 Å². The molecule has 0 fully saturated rings. The quantitative estimate of drug-likeness (QED) is 0.783. The third kappa shape index (κ3) is 4.30. The molecule has 2 aromatic rings. The molecule has 0 unspecified atom stereocenters. The van der Waals surface area contributed by atoms with Gasteiger partial charge in [0.2, 0.25) is 5.91 Å². The zero-order valence-electron chi connectivity index (χ0n) is 14.5. The largest absolute Gasteiger partial charge is 0.481 e.